The van der Waals surface area contributed by atoms with Crippen molar-refractivity contribution in [2.75, 3.05) is 10.6 Å². The smallest absolute Gasteiger partial charge is 0.387 e. The Morgan fingerprint density at radius 1 is 1.19 bits per heavy atom. The number of rotatable bonds is 6. The molecule has 0 aliphatic rings. The van der Waals surface area contributed by atoms with Gasteiger partial charge < -0.3 is 15.4 Å². The lowest BCUT2D eigenvalue weighted by Gasteiger charge is -2.06. The van der Waals surface area contributed by atoms with Crippen LogP contribution >= 0.6 is 22.9 Å². The molecule has 27 heavy (non-hydrogen) atoms. The fourth-order valence-corrected chi connectivity index (χ4v) is 3.04. The second-order valence-corrected chi connectivity index (χ2v) is 6.75. The molecule has 9 heteroatoms. The molecule has 0 saturated heterocycles. The van der Waals surface area contributed by atoms with Crippen LogP contribution in [0.5, 0.6) is 5.75 Å². The maximum absolute atomic E-state index is 12.3. The van der Waals surface area contributed by atoms with Gasteiger partial charge in [-0.2, -0.15) is 8.78 Å². The minimum atomic E-state index is -2.87. The number of thiazole rings is 1. The molecule has 1 amide bonds. The quantitative estimate of drug-likeness (QED) is 0.548. The summed E-state index contributed by atoms with van der Waals surface area (Å²) in [7, 11) is 0. The highest BCUT2D eigenvalue weighted by Crippen LogP contribution is 2.25. The van der Waals surface area contributed by atoms with Crippen molar-refractivity contribution in [3.05, 3.63) is 64.1 Å². The zero-order valence-corrected chi connectivity index (χ0v) is 15.6. The largest absolute Gasteiger partial charge is 0.435 e. The van der Waals surface area contributed by atoms with E-state index in [2.05, 4.69) is 20.4 Å². The number of nitrogens with one attached hydrogen (secondary N) is 2. The van der Waals surface area contributed by atoms with Gasteiger partial charge in [-0.25, -0.2) is 4.98 Å². The van der Waals surface area contributed by atoms with Crippen LogP contribution in [0.2, 0.25) is 5.02 Å². The number of aryl methyl sites for hydroxylation is 1. The first-order chi connectivity index (χ1) is 12.9. The average Bonchev–Trinajstić information content (AvgIpc) is 3.08. The monoisotopic (exact) mass is 409 g/mol. The molecule has 2 N–H and O–H groups in total. The van der Waals surface area contributed by atoms with Crippen molar-refractivity contribution in [3.63, 3.8) is 0 Å². The zero-order valence-electron chi connectivity index (χ0n) is 14.0. The molecule has 0 aliphatic heterocycles. The van der Waals surface area contributed by atoms with Gasteiger partial charge in [0.05, 0.1) is 0 Å². The van der Waals surface area contributed by atoms with E-state index in [9.17, 15) is 13.6 Å². The van der Waals surface area contributed by atoms with Crippen LogP contribution in [-0.2, 0) is 0 Å². The Balaban J connectivity index is 1.63. The summed E-state index contributed by atoms with van der Waals surface area (Å²) in [6, 6.07) is 11.2. The molecule has 5 nitrogen and oxygen atoms in total. The van der Waals surface area contributed by atoms with Gasteiger partial charge in [0, 0.05) is 21.8 Å². The lowest BCUT2D eigenvalue weighted by molar-refractivity contribution is -0.0498. The van der Waals surface area contributed by atoms with Gasteiger partial charge in [-0.05, 0) is 48.9 Å². The third-order valence-electron chi connectivity index (χ3n) is 3.50. The van der Waals surface area contributed by atoms with Gasteiger partial charge in [0.25, 0.3) is 5.91 Å². The number of aromatic nitrogens is 1. The number of nitrogens with zero attached hydrogens (tertiary/aromatic N) is 1. The molecule has 0 bridgehead atoms. The number of carbonyl (C=O) groups is 1. The summed E-state index contributed by atoms with van der Waals surface area (Å²) in [5, 5.41) is 8.40. The molecule has 0 spiro atoms. The van der Waals surface area contributed by atoms with Gasteiger partial charge in [0.1, 0.15) is 11.4 Å². The van der Waals surface area contributed by atoms with Crippen molar-refractivity contribution < 1.29 is 18.3 Å². The van der Waals surface area contributed by atoms with E-state index in [1.165, 1.54) is 23.5 Å². The minimum Gasteiger partial charge on any atom is -0.435 e. The van der Waals surface area contributed by atoms with Crippen LogP contribution < -0.4 is 15.4 Å². The van der Waals surface area contributed by atoms with E-state index < -0.39 is 6.61 Å². The Kier molecular flexibility index (Phi) is 5.88. The van der Waals surface area contributed by atoms with E-state index in [0.717, 1.165) is 5.56 Å². The number of halogens is 3. The number of anilines is 3. The van der Waals surface area contributed by atoms with Crippen molar-refractivity contribution in [1.29, 1.82) is 0 Å². The second kappa shape index (κ2) is 8.32. The first-order valence-corrected chi connectivity index (χ1v) is 9.01. The molecule has 1 heterocycles. The molecule has 1 aromatic heterocycles. The van der Waals surface area contributed by atoms with Crippen LogP contribution in [0.3, 0.4) is 0 Å². The van der Waals surface area contributed by atoms with Crippen LogP contribution in [0, 0.1) is 6.92 Å². The van der Waals surface area contributed by atoms with Gasteiger partial charge in [-0.15, -0.1) is 11.3 Å². The Morgan fingerprint density at radius 3 is 2.56 bits per heavy atom. The SMILES string of the molecule is Cc1ccc(NC(=O)c2csc(Nc3ccc(OC(F)F)cc3)n2)cc1Cl. The van der Waals surface area contributed by atoms with Gasteiger partial charge in [0.2, 0.25) is 0 Å². The van der Waals surface area contributed by atoms with Crippen molar-refractivity contribution in [2.45, 2.75) is 13.5 Å². The maximum Gasteiger partial charge on any atom is 0.387 e. The summed E-state index contributed by atoms with van der Waals surface area (Å²) in [5.41, 5.74) is 2.37. The van der Waals surface area contributed by atoms with E-state index in [1.54, 1.807) is 29.6 Å². The van der Waals surface area contributed by atoms with E-state index >= 15 is 0 Å². The van der Waals surface area contributed by atoms with Crippen molar-refractivity contribution in [3.8, 4) is 5.75 Å². The third kappa shape index (κ3) is 5.15. The van der Waals surface area contributed by atoms with E-state index in [0.29, 0.717) is 21.5 Å². The summed E-state index contributed by atoms with van der Waals surface area (Å²) in [6.07, 6.45) is 0. The Bertz CT molecular complexity index is 948. The van der Waals surface area contributed by atoms with Gasteiger partial charge in [-0.1, -0.05) is 17.7 Å². The zero-order chi connectivity index (χ0) is 19.4. The number of benzene rings is 2. The standard InChI is InChI=1S/C18H14ClF2N3O2S/c1-10-2-3-12(8-14(10)19)22-16(25)15-9-27-18(24-15)23-11-4-6-13(7-5-11)26-17(20)21/h2-9,17H,1H3,(H,22,25)(H,23,24). The topological polar surface area (TPSA) is 63.2 Å². The van der Waals surface area contributed by atoms with Gasteiger partial charge >= 0.3 is 6.61 Å². The Labute approximate surface area is 163 Å². The number of amides is 1. The van der Waals surface area contributed by atoms with Crippen molar-refractivity contribution in [2.24, 2.45) is 0 Å². The summed E-state index contributed by atoms with van der Waals surface area (Å²) in [4.78, 5) is 16.5. The summed E-state index contributed by atoms with van der Waals surface area (Å²) in [5.74, 6) is -0.300. The van der Waals surface area contributed by atoms with Gasteiger partial charge in [-0.3, -0.25) is 4.79 Å². The summed E-state index contributed by atoms with van der Waals surface area (Å²) in [6.45, 7) is -0.995. The summed E-state index contributed by atoms with van der Waals surface area (Å²) < 4.78 is 28.6. The van der Waals surface area contributed by atoms with E-state index in [-0.39, 0.29) is 17.4 Å². The molecule has 140 valence electrons. The third-order valence-corrected chi connectivity index (χ3v) is 4.66. The number of hydrogen-bond acceptors (Lipinski definition) is 5. The highest BCUT2D eigenvalue weighted by Gasteiger charge is 2.12. The molecule has 0 unspecified atom stereocenters. The predicted octanol–water partition coefficient (Wildman–Crippen LogP) is 5.70. The van der Waals surface area contributed by atoms with Crippen LogP contribution in [0.25, 0.3) is 0 Å². The summed E-state index contributed by atoms with van der Waals surface area (Å²) >= 11 is 7.29. The molecule has 2 aromatic carbocycles. The number of hydrogen-bond donors (Lipinski definition) is 2. The molecule has 0 saturated carbocycles. The number of ether oxygens (including phenoxy) is 1. The molecule has 3 aromatic rings. The highest BCUT2D eigenvalue weighted by atomic mass is 35.5. The molecule has 0 aliphatic carbocycles. The molecule has 0 atom stereocenters. The number of carbonyl (C=O) groups excluding carboxylic acids is 1. The molecule has 3 rings (SSSR count). The Morgan fingerprint density at radius 2 is 1.89 bits per heavy atom. The molecule has 0 radical (unpaired) electrons. The first-order valence-electron chi connectivity index (χ1n) is 7.75. The maximum atomic E-state index is 12.3. The Hall–Kier alpha value is -2.71. The molecular formula is C18H14ClF2N3O2S. The van der Waals surface area contributed by atoms with Crippen LogP contribution in [-0.4, -0.2) is 17.5 Å². The van der Waals surface area contributed by atoms with Crippen LogP contribution in [0.1, 0.15) is 16.1 Å². The molecule has 0 fully saturated rings. The predicted molar refractivity (Wildman–Crippen MR) is 103 cm³/mol. The minimum absolute atomic E-state index is 0.0616. The average molecular weight is 410 g/mol. The highest BCUT2D eigenvalue weighted by molar-refractivity contribution is 7.14. The lowest BCUT2D eigenvalue weighted by atomic mass is 10.2. The van der Waals surface area contributed by atoms with Crippen molar-refractivity contribution >= 4 is 45.4 Å². The van der Waals surface area contributed by atoms with Crippen LogP contribution in [0.4, 0.5) is 25.3 Å². The lowest BCUT2D eigenvalue weighted by Crippen LogP contribution is -2.12. The fourth-order valence-electron chi connectivity index (χ4n) is 2.14. The number of alkyl halides is 2. The fraction of sp³-hybridized carbons (Fsp3) is 0.111. The van der Waals surface area contributed by atoms with E-state index in [4.69, 9.17) is 11.6 Å². The van der Waals surface area contributed by atoms with Crippen LogP contribution in [0.15, 0.2) is 47.8 Å². The second-order valence-electron chi connectivity index (χ2n) is 5.48. The van der Waals surface area contributed by atoms with E-state index in [1.807, 2.05) is 13.0 Å². The van der Waals surface area contributed by atoms with Crippen molar-refractivity contribution in [1.82, 2.24) is 4.98 Å². The van der Waals surface area contributed by atoms with Gasteiger partial charge in [0.15, 0.2) is 5.13 Å². The normalized spacial score (nSPS) is 10.7. The molecular weight excluding hydrogens is 396 g/mol. The first kappa shape index (κ1) is 19.1.